The van der Waals surface area contributed by atoms with E-state index in [0.717, 1.165) is 11.5 Å². The summed E-state index contributed by atoms with van der Waals surface area (Å²) in [6, 6.07) is 6.90. The van der Waals surface area contributed by atoms with Crippen LogP contribution in [0, 0.1) is 0 Å². The average Bonchev–Trinajstić information content (AvgIpc) is 2.61. The minimum Gasteiger partial charge on any atom is -0.178 e. The summed E-state index contributed by atoms with van der Waals surface area (Å²) in [6.07, 6.45) is 3.91. The van der Waals surface area contributed by atoms with Gasteiger partial charge in [-0.05, 0) is 48.3 Å². The second-order valence-corrected chi connectivity index (χ2v) is 4.97. The molecule has 1 aromatic rings. The standard InChI is InChI=1S/C11H14S2/c12-6-7-13-11-5-4-9-2-1-3-10(9)8-11/h4-5,8,12H,1-3,6-7H2. The van der Waals surface area contributed by atoms with E-state index in [4.69, 9.17) is 0 Å². The first-order chi connectivity index (χ1) is 6.40. The predicted octanol–water partition coefficient (Wildman–Crippen LogP) is 3.20. The van der Waals surface area contributed by atoms with Gasteiger partial charge >= 0.3 is 0 Å². The van der Waals surface area contributed by atoms with Gasteiger partial charge < -0.3 is 0 Å². The molecule has 0 fully saturated rings. The summed E-state index contributed by atoms with van der Waals surface area (Å²) in [5.74, 6) is 2.07. The van der Waals surface area contributed by atoms with Crippen molar-refractivity contribution in [2.24, 2.45) is 0 Å². The van der Waals surface area contributed by atoms with Gasteiger partial charge in [0.05, 0.1) is 0 Å². The lowest BCUT2D eigenvalue weighted by Crippen LogP contribution is -1.84. The maximum Gasteiger partial charge on any atom is 0.00751 e. The fourth-order valence-electron chi connectivity index (χ4n) is 1.80. The van der Waals surface area contributed by atoms with E-state index < -0.39 is 0 Å². The summed E-state index contributed by atoms with van der Waals surface area (Å²) >= 11 is 6.12. The van der Waals surface area contributed by atoms with Crippen LogP contribution in [-0.2, 0) is 12.8 Å². The molecule has 0 saturated heterocycles. The number of aryl methyl sites for hydroxylation is 2. The molecule has 0 unspecified atom stereocenters. The minimum absolute atomic E-state index is 0.960. The molecule has 0 aromatic heterocycles. The molecule has 1 aliphatic rings. The molecular formula is C11H14S2. The Kier molecular flexibility index (Phi) is 3.23. The largest absolute Gasteiger partial charge is 0.178 e. The third-order valence-corrected chi connectivity index (χ3v) is 3.95. The fraction of sp³-hybridized carbons (Fsp3) is 0.455. The Hall–Kier alpha value is -0.0800. The first kappa shape index (κ1) is 9.47. The minimum atomic E-state index is 0.960. The lowest BCUT2D eigenvalue weighted by Gasteiger charge is -2.03. The van der Waals surface area contributed by atoms with Gasteiger partial charge in [-0.15, -0.1) is 11.8 Å². The van der Waals surface area contributed by atoms with Crippen molar-refractivity contribution < 1.29 is 0 Å². The van der Waals surface area contributed by atoms with Crippen LogP contribution in [0.1, 0.15) is 17.5 Å². The van der Waals surface area contributed by atoms with Gasteiger partial charge in [0.2, 0.25) is 0 Å². The third kappa shape index (κ3) is 2.23. The smallest absolute Gasteiger partial charge is 0.00751 e. The van der Waals surface area contributed by atoms with Crippen molar-refractivity contribution >= 4 is 24.4 Å². The average molecular weight is 210 g/mol. The Bertz CT molecular complexity index is 294. The van der Waals surface area contributed by atoms with Crippen molar-refractivity contribution in [3.63, 3.8) is 0 Å². The van der Waals surface area contributed by atoms with Gasteiger partial charge in [0, 0.05) is 10.6 Å². The van der Waals surface area contributed by atoms with Crippen molar-refractivity contribution in [1.82, 2.24) is 0 Å². The molecule has 0 aliphatic heterocycles. The van der Waals surface area contributed by atoms with E-state index in [0.29, 0.717) is 0 Å². The van der Waals surface area contributed by atoms with Crippen LogP contribution in [0.2, 0.25) is 0 Å². The highest BCUT2D eigenvalue weighted by Crippen LogP contribution is 2.27. The summed E-state index contributed by atoms with van der Waals surface area (Å²) in [6.45, 7) is 0. The molecule has 2 rings (SSSR count). The van der Waals surface area contributed by atoms with Crippen LogP contribution in [0.25, 0.3) is 0 Å². The normalized spacial score (nSPS) is 14.5. The van der Waals surface area contributed by atoms with Gasteiger partial charge in [0.1, 0.15) is 0 Å². The molecule has 0 nitrogen and oxygen atoms in total. The first-order valence-corrected chi connectivity index (χ1v) is 6.37. The summed E-state index contributed by atoms with van der Waals surface area (Å²) in [7, 11) is 0. The number of fused-ring (bicyclic) bond motifs is 1. The van der Waals surface area contributed by atoms with Crippen LogP contribution >= 0.6 is 24.4 Å². The highest BCUT2D eigenvalue weighted by atomic mass is 32.2. The fourth-order valence-corrected chi connectivity index (χ4v) is 2.79. The summed E-state index contributed by atoms with van der Waals surface area (Å²) < 4.78 is 0. The van der Waals surface area contributed by atoms with Crippen molar-refractivity contribution in [1.29, 1.82) is 0 Å². The lowest BCUT2D eigenvalue weighted by atomic mass is 10.1. The molecule has 1 aliphatic carbocycles. The van der Waals surface area contributed by atoms with Crippen molar-refractivity contribution in [3.8, 4) is 0 Å². The van der Waals surface area contributed by atoms with E-state index in [-0.39, 0.29) is 0 Å². The quantitative estimate of drug-likeness (QED) is 0.590. The van der Waals surface area contributed by atoms with E-state index >= 15 is 0 Å². The Labute approximate surface area is 89.5 Å². The van der Waals surface area contributed by atoms with Gasteiger partial charge in [-0.2, -0.15) is 12.6 Å². The van der Waals surface area contributed by atoms with E-state index in [2.05, 4.69) is 30.8 Å². The van der Waals surface area contributed by atoms with E-state index in [1.54, 1.807) is 11.1 Å². The SMILES string of the molecule is SCCSc1ccc2c(c1)CCC2. The van der Waals surface area contributed by atoms with Crippen LogP contribution in [0.4, 0.5) is 0 Å². The zero-order valence-corrected chi connectivity index (χ0v) is 9.33. The Morgan fingerprint density at radius 1 is 1.23 bits per heavy atom. The van der Waals surface area contributed by atoms with Gasteiger partial charge in [0.25, 0.3) is 0 Å². The highest BCUT2D eigenvalue weighted by Gasteiger charge is 2.10. The second kappa shape index (κ2) is 4.43. The molecule has 0 bridgehead atoms. The molecule has 0 heterocycles. The molecule has 0 radical (unpaired) electrons. The Morgan fingerprint density at radius 2 is 2.08 bits per heavy atom. The van der Waals surface area contributed by atoms with Crippen LogP contribution in [0.5, 0.6) is 0 Å². The van der Waals surface area contributed by atoms with E-state index in [1.165, 1.54) is 24.2 Å². The molecule has 70 valence electrons. The first-order valence-electron chi connectivity index (χ1n) is 4.75. The number of thiol groups is 1. The Balaban J connectivity index is 2.12. The molecular weight excluding hydrogens is 196 g/mol. The summed E-state index contributed by atoms with van der Waals surface area (Å²) in [5, 5.41) is 0. The second-order valence-electron chi connectivity index (χ2n) is 3.36. The molecule has 0 saturated carbocycles. The molecule has 1 aromatic carbocycles. The van der Waals surface area contributed by atoms with Crippen molar-refractivity contribution in [2.75, 3.05) is 11.5 Å². The maximum atomic E-state index is 4.21. The highest BCUT2D eigenvalue weighted by molar-refractivity contribution is 8.00. The molecule has 0 spiro atoms. The lowest BCUT2D eigenvalue weighted by molar-refractivity contribution is 0.911. The number of thioether (sulfide) groups is 1. The topological polar surface area (TPSA) is 0 Å². The van der Waals surface area contributed by atoms with E-state index in [1.807, 2.05) is 11.8 Å². The summed E-state index contributed by atoms with van der Waals surface area (Å²) in [4.78, 5) is 1.41. The predicted molar refractivity (Wildman–Crippen MR) is 63.0 cm³/mol. The number of benzene rings is 1. The molecule has 13 heavy (non-hydrogen) atoms. The third-order valence-electron chi connectivity index (χ3n) is 2.43. The molecule has 0 atom stereocenters. The Morgan fingerprint density at radius 3 is 2.92 bits per heavy atom. The van der Waals surface area contributed by atoms with Crippen LogP contribution < -0.4 is 0 Å². The zero-order chi connectivity index (χ0) is 9.10. The van der Waals surface area contributed by atoms with Gasteiger partial charge in [-0.1, -0.05) is 6.07 Å². The summed E-state index contributed by atoms with van der Waals surface area (Å²) in [5.41, 5.74) is 3.14. The molecule has 0 N–H and O–H groups in total. The number of hydrogen-bond acceptors (Lipinski definition) is 2. The van der Waals surface area contributed by atoms with Gasteiger partial charge in [-0.3, -0.25) is 0 Å². The van der Waals surface area contributed by atoms with Crippen LogP contribution in [-0.4, -0.2) is 11.5 Å². The zero-order valence-electron chi connectivity index (χ0n) is 7.62. The van der Waals surface area contributed by atoms with E-state index in [9.17, 15) is 0 Å². The monoisotopic (exact) mass is 210 g/mol. The van der Waals surface area contributed by atoms with Crippen LogP contribution in [0.3, 0.4) is 0 Å². The van der Waals surface area contributed by atoms with Gasteiger partial charge in [-0.25, -0.2) is 0 Å². The number of hydrogen-bond donors (Lipinski definition) is 1. The van der Waals surface area contributed by atoms with Crippen molar-refractivity contribution in [3.05, 3.63) is 29.3 Å². The van der Waals surface area contributed by atoms with Crippen LogP contribution in [0.15, 0.2) is 23.1 Å². The van der Waals surface area contributed by atoms with Crippen molar-refractivity contribution in [2.45, 2.75) is 24.2 Å². The molecule has 0 amide bonds. The van der Waals surface area contributed by atoms with Gasteiger partial charge in [0.15, 0.2) is 0 Å². The number of rotatable bonds is 3. The maximum absolute atomic E-state index is 4.21. The molecule has 2 heteroatoms.